The SMILES string of the molecule is O=C(Cc1ccc(C(F)(F)F)cc1)NCCc1cnn(-c2ccccc2)c1. The van der Waals surface area contributed by atoms with Crippen LogP contribution < -0.4 is 5.32 Å². The molecule has 0 bridgehead atoms. The number of rotatable bonds is 6. The first-order chi connectivity index (χ1) is 12.9. The number of hydrogen-bond acceptors (Lipinski definition) is 2. The number of carbonyl (C=O) groups excluding carboxylic acids is 1. The molecule has 0 fully saturated rings. The van der Waals surface area contributed by atoms with Crippen molar-refractivity contribution in [3.8, 4) is 5.69 Å². The number of nitrogens with one attached hydrogen (secondary N) is 1. The van der Waals surface area contributed by atoms with E-state index in [1.165, 1.54) is 12.1 Å². The number of para-hydroxylation sites is 1. The fraction of sp³-hybridized carbons (Fsp3) is 0.200. The summed E-state index contributed by atoms with van der Waals surface area (Å²) < 4.78 is 39.4. The van der Waals surface area contributed by atoms with Gasteiger partial charge < -0.3 is 5.32 Å². The molecule has 1 amide bonds. The van der Waals surface area contributed by atoms with E-state index in [4.69, 9.17) is 0 Å². The minimum absolute atomic E-state index is 0.0431. The van der Waals surface area contributed by atoms with Crippen molar-refractivity contribution in [3.63, 3.8) is 0 Å². The van der Waals surface area contributed by atoms with Crippen molar-refractivity contribution in [1.82, 2.24) is 15.1 Å². The van der Waals surface area contributed by atoms with Gasteiger partial charge in [-0.2, -0.15) is 18.3 Å². The summed E-state index contributed by atoms with van der Waals surface area (Å²) in [6, 6.07) is 14.3. The Kier molecular flexibility index (Phi) is 5.59. The third kappa shape index (κ3) is 5.20. The van der Waals surface area contributed by atoms with Gasteiger partial charge in [0.25, 0.3) is 0 Å². The summed E-state index contributed by atoms with van der Waals surface area (Å²) in [5.74, 6) is -0.231. The van der Waals surface area contributed by atoms with Crippen LogP contribution in [0.3, 0.4) is 0 Å². The summed E-state index contributed by atoms with van der Waals surface area (Å²) in [6.45, 7) is 0.431. The topological polar surface area (TPSA) is 46.9 Å². The van der Waals surface area contributed by atoms with Crippen molar-refractivity contribution in [1.29, 1.82) is 0 Å². The van der Waals surface area contributed by atoms with Crippen molar-refractivity contribution in [2.75, 3.05) is 6.54 Å². The van der Waals surface area contributed by atoms with Crippen LogP contribution in [0.15, 0.2) is 67.0 Å². The highest BCUT2D eigenvalue weighted by atomic mass is 19.4. The van der Waals surface area contributed by atoms with Crippen LogP contribution in [-0.4, -0.2) is 22.2 Å². The molecule has 0 aliphatic rings. The van der Waals surface area contributed by atoms with Gasteiger partial charge in [-0.05, 0) is 41.8 Å². The Labute approximate surface area is 154 Å². The second-order valence-corrected chi connectivity index (χ2v) is 6.10. The molecule has 0 spiro atoms. The lowest BCUT2D eigenvalue weighted by Gasteiger charge is -2.08. The van der Waals surface area contributed by atoms with Gasteiger partial charge in [-0.3, -0.25) is 4.79 Å². The summed E-state index contributed by atoms with van der Waals surface area (Å²) in [5.41, 5.74) is 1.75. The van der Waals surface area contributed by atoms with Crippen molar-refractivity contribution in [2.45, 2.75) is 19.0 Å². The number of hydrogen-bond donors (Lipinski definition) is 1. The second kappa shape index (κ2) is 8.07. The second-order valence-electron chi connectivity index (χ2n) is 6.10. The summed E-state index contributed by atoms with van der Waals surface area (Å²) >= 11 is 0. The average Bonchev–Trinajstić information content (AvgIpc) is 3.11. The molecule has 1 aromatic heterocycles. The number of nitrogens with zero attached hydrogens (tertiary/aromatic N) is 2. The molecule has 140 valence electrons. The molecule has 0 radical (unpaired) electrons. The molecular weight excluding hydrogens is 355 g/mol. The molecule has 0 aliphatic heterocycles. The summed E-state index contributed by atoms with van der Waals surface area (Å²) in [5, 5.41) is 7.07. The molecule has 0 aliphatic carbocycles. The molecule has 3 rings (SSSR count). The number of alkyl halides is 3. The Morgan fingerprint density at radius 2 is 1.70 bits per heavy atom. The van der Waals surface area contributed by atoms with E-state index in [1.54, 1.807) is 10.9 Å². The van der Waals surface area contributed by atoms with E-state index in [0.29, 0.717) is 18.5 Å². The van der Waals surface area contributed by atoms with Crippen LogP contribution >= 0.6 is 0 Å². The molecule has 0 saturated carbocycles. The maximum atomic E-state index is 12.5. The molecule has 0 atom stereocenters. The van der Waals surface area contributed by atoms with Crippen LogP contribution in [0.5, 0.6) is 0 Å². The van der Waals surface area contributed by atoms with Gasteiger partial charge in [0, 0.05) is 12.7 Å². The molecule has 0 unspecified atom stereocenters. The maximum absolute atomic E-state index is 12.5. The van der Waals surface area contributed by atoms with E-state index in [0.717, 1.165) is 23.4 Å². The molecule has 27 heavy (non-hydrogen) atoms. The van der Waals surface area contributed by atoms with Crippen molar-refractivity contribution in [3.05, 3.63) is 83.7 Å². The van der Waals surface area contributed by atoms with Crippen LogP contribution in [0.2, 0.25) is 0 Å². The number of amides is 1. The highest BCUT2D eigenvalue weighted by Crippen LogP contribution is 2.29. The molecular formula is C20H18F3N3O. The molecule has 0 saturated heterocycles. The monoisotopic (exact) mass is 373 g/mol. The Hall–Kier alpha value is -3.09. The average molecular weight is 373 g/mol. The standard InChI is InChI=1S/C20H18F3N3O/c21-20(22,23)17-8-6-15(7-9-17)12-19(27)24-11-10-16-13-25-26(14-16)18-4-2-1-3-5-18/h1-9,13-14H,10-12H2,(H,24,27). The highest BCUT2D eigenvalue weighted by Gasteiger charge is 2.29. The van der Waals surface area contributed by atoms with Gasteiger partial charge in [0.1, 0.15) is 0 Å². The fourth-order valence-corrected chi connectivity index (χ4v) is 2.62. The molecule has 7 heteroatoms. The van der Waals surface area contributed by atoms with Crippen LogP contribution in [-0.2, 0) is 23.8 Å². The number of halogens is 3. The highest BCUT2D eigenvalue weighted by molar-refractivity contribution is 5.78. The Morgan fingerprint density at radius 1 is 1.00 bits per heavy atom. The van der Waals surface area contributed by atoms with E-state index < -0.39 is 11.7 Å². The minimum Gasteiger partial charge on any atom is -0.355 e. The van der Waals surface area contributed by atoms with Crippen LogP contribution in [0, 0.1) is 0 Å². The van der Waals surface area contributed by atoms with Gasteiger partial charge in [-0.1, -0.05) is 30.3 Å². The molecule has 1 heterocycles. The summed E-state index contributed by atoms with van der Waals surface area (Å²) in [6.07, 6.45) is -0.0651. The first-order valence-electron chi connectivity index (χ1n) is 8.43. The lowest BCUT2D eigenvalue weighted by atomic mass is 10.1. The zero-order valence-corrected chi connectivity index (χ0v) is 14.4. The number of carbonyl (C=O) groups is 1. The fourth-order valence-electron chi connectivity index (χ4n) is 2.62. The molecule has 4 nitrogen and oxygen atoms in total. The molecule has 3 aromatic rings. The van der Waals surface area contributed by atoms with Crippen molar-refractivity contribution in [2.24, 2.45) is 0 Å². The molecule has 2 aromatic carbocycles. The largest absolute Gasteiger partial charge is 0.416 e. The van der Waals surface area contributed by atoms with Gasteiger partial charge in [0.2, 0.25) is 5.91 Å². The van der Waals surface area contributed by atoms with Gasteiger partial charge >= 0.3 is 6.18 Å². The van der Waals surface area contributed by atoms with Crippen LogP contribution in [0.1, 0.15) is 16.7 Å². The lowest BCUT2D eigenvalue weighted by molar-refractivity contribution is -0.137. The summed E-state index contributed by atoms with van der Waals surface area (Å²) in [4.78, 5) is 12.0. The third-order valence-corrected chi connectivity index (χ3v) is 4.04. The predicted molar refractivity (Wildman–Crippen MR) is 95.4 cm³/mol. The maximum Gasteiger partial charge on any atom is 0.416 e. The van der Waals surface area contributed by atoms with E-state index in [1.807, 2.05) is 36.5 Å². The normalized spacial score (nSPS) is 11.4. The van der Waals surface area contributed by atoms with Gasteiger partial charge in [0.05, 0.1) is 23.9 Å². The quantitative estimate of drug-likeness (QED) is 0.715. The van der Waals surface area contributed by atoms with Gasteiger partial charge in [0.15, 0.2) is 0 Å². The smallest absolute Gasteiger partial charge is 0.355 e. The first kappa shape index (κ1) is 18.7. The summed E-state index contributed by atoms with van der Waals surface area (Å²) in [7, 11) is 0. The van der Waals surface area contributed by atoms with E-state index in [9.17, 15) is 18.0 Å². The molecule has 1 N–H and O–H groups in total. The number of aromatic nitrogens is 2. The lowest BCUT2D eigenvalue weighted by Crippen LogP contribution is -2.27. The van der Waals surface area contributed by atoms with Crippen LogP contribution in [0.4, 0.5) is 13.2 Å². The zero-order chi connectivity index (χ0) is 19.3. The zero-order valence-electron chi connectivity index (χ0n) is 14.4. The predicted octanol–water partition coefficient (Wildman–Crippen LogP) is 3.79. The minimum atomic E-state index is -4.37. The Bertz CT molecular complexity index is 887. The van der Waals surface area contributed by atoms with Crippen molar-refractivity contribution < 1.29 is 18.0 Å². The van der Waals surface area contributed by atoms with Crippen molar-refractivity contribution >= 4 is 5.91 Å². The Balaban J connectivity index is 1.47. The van der Waals surface area contributed by atoms with Gasteiger partial charge in [-0.25, -0.2) is 4.68 Å². The first-order valence-corrected chi connectivity index (χ1v) is 8.43. The Morgan fingerprint density at radius 3 is 2.37 bits per heavy atom. The van der Waals surface area contributed by atoms with E-state index in [-0.39, 0.29) is 12.3 Å². The third-order valence-electron chi connectivity index (χ3n) is 4.04. The van der Waals surface area contributed by atoms with E-state index >= 15 is 0 Å². The number of benzene rings is 2. The van der Waals surface area contributed by atoms with Gasteiger partial charge in [-0.15, -0.1) is 0 Å². The van der Waals surface area contributed by atoms with Crippen LogP contribution in [0.25, 0.3) is 5.69 Å². The van der Waals surface area contributed by atoms with E-state index in [2.05, 4.69) is 10.4 Å².